The third-order valence-electron chi connectivity index (χ3n) is 5.09. The van der Waals surface area contributed by atoms with Gasteiger partial charge in [0.25, 0.3) is 0 Å². The zero-order chi connectivity index (χ0) is 17.2. The largest absolute Gasteiger partial charge is 0.369 e. The average Bonchev–Trinajstić information content (AvgIpc) is 3.05. The van der Waals surface area contributed by atoms with Crippen LogP contribution in [0.15, 0.2) is 54.7 Å². The normalized spacial score (nSPS) is 15.6. The number of carbonyl (C=O) groups excluding carboxylic acids is 1. The van der Waals surface area contributed by atoms with Crippen LogP contribution in [0.3, 0.4) is 0 Å². The number of rotatable bonds is 4. The standard InChI is InChI=1S/C21H23N3O/c1-22-10-12-23(13-11-22)20-6-3-17(4-7-20)15-24-9-8-19-5-2-18(16-25)14-21(19)24/h2-9,14,16H,10-13,15H2,1H3. The summed E-state index contributed by atoms with van der Waals surface area (Å²) in [6, 6.07) is 16.8. The highest BCUT2D eigenvalue weighted by Gasteiger charge is 2.14. The van der Waals surface area contributed by atoms with Crippen molar-refractivity contribution in [2.24, 2.45) is 0 Å². The van der Waals surface area contributed by atoms with Crippen LogP contribution in [0.4, 0.5) is 5.69 Å². The van der Waals surface area contributed by atoms with Crippen molar-refractivity contribution in [3.8, 4) is 0 Å². The minimum atomic E-state index is 0.720. The summed E-state index contributed by atoms with van der Waals surface area (Å²) in [6.07, 6.45) is 3.00. The molecule has 1 aliphatic rings. The lowest BCUT2D eigenvalue weighted by molar-refractivity contribution is 0.112. The molecule has 3 aromatic rings. The number of aldehydes is 1. The molecule has 0 aliphatic carbocycles. The highest BCUT2D eigenvalue weighted by Crippen LogP contribution is 2.21. The lowest BCUT2D eigenvalue weighted by Crippen LogP contribution is -2.44. The van der Waals surface area contributed by atoms with E-state index in [0.717, 1.165) is 50.1 Å². The van der Waals surface area contributed by atoms with E-state index in [2.05, 4.69) is 57.9 Å². The quantitative estimate of drug-likeness (QED) is 0.686. The van der Waals surface area contributed by atoms with Crippen molar-refractivity contribution in [2.75, 3.05) is 38.1 Å². The molecule has 0 radical (unpaired) electrons. The Kier molecular flexibility index (Phi) is 4.28. The predicted octanol–water partition coefficient (Wildman–Crippen LogP) is 3.25. The molecule has 0 unspecified atom stereocenters. The molecular weight excluding hydrogens is 310 g/mol. The lowest BCUT2D eigenvalue weighted by atomic mass is 10.1. The minimum Gasteiger partial charge on any atom is -0.369 e. The van der Waals surface area contributed by atoms with Gasteiger partial charge < -0.3 is 14.4 Å². The van der Waals surface area contributed by atoms with Crippen molar-refractivity contribution in [1.29, 1.82) is 0 Å². The number of piperazine rings is 1. The molecule has 4 rings (SSSR count). The topological polar surface area (TPSA) is 28.5 Å². The number of hydrogen-bond acceptors (Lipinski definition) is 3. The fourth-order valence-corrected chi connectivity index (χ4v) is 3.49. The molecule has 1 fully saturated rings. The van der Waals surface area contributed by atoms with Gasteiger partial charge in [-0.3, -0.25) is 4.79 Å². The molecule has 4 nitrogen and oxygen atoms in total. The Labute approximate surface area is 148 Å². The third kappa shape index (κ3) is 3.30. The Bertz CT molecular complexity index is 874. The molecule has 4 heteroatoms. The van der Waals surface area contributed by atoms with E-state index in [9.17, 15) is 4.79 Å². The molecule has 0 N–H and O–H groups in total. The number of fused-ring (bicyclic) bond motifs is 1. The number of likely N-dealkylation sites (N-methyl/N-ethyl adjacent to an activating group) is 1. The lowest BCUT2D eigenvalue weighted by Gasteiger charge is -2.34. The van der Waals surface area contributed by atoms with E-state index in [1.807, 2.05) is 18.2 Å². The van der Waals surface area contributed by atoms with Crippen LogP contribution >= 0.6 is 0 Å². The van der Waals surface area contributed by atoms with Crippen molar-refractivity contribution >= 4 is 22.9 Å². The van der Waals surface area contributed by atoms with E-state index in [0.29, 0.717) is 0 Å². The molecule has 0 spiro atoms. The van der Waals surface area contributed by atoms with Crippen molar-refractivity contribution < 1.29 is 4.79 Å². The molecule has 2 aromatic carbocycles. The van der Waals surface area contributed by atoms with Crippen molar-refractivity contribution in [3.63, 3.8) is 0 Å². The van der Waals surface area contributed by atoms with E-state index in [1.54, 1.807) is 0 Å². The number of benzene rings is 2. The van der Waals surface area contributed by atoms with E-state index < -0.39 is 0 Å². The summed E-state index contributed by atoms with van der Waals surface area (Å²) in [5.41, 5.74) is 4.40. The predicted molar refractivity (Wildman–Crippen MR) is 103 cm³/mol. The molecule has 0 saturated carbocycles. The number of anilines is 1. The van der Waals surface area contributed by atoms with Gasteiger partial charge in [0.15, 0.2) is 0 Å². The monoisotopic (exact) mass is 333 g/mol. The fourth-order valence-electron chi connectivity index (χ4n) is 3.49. The molecule has 2 heterocycles. The van der Waals surface area contributed by atoms with E-state index >= 15 is 0 Å². The van der Waals surface area contributed by atoms with Crippen LogP contribution < -0.4 is 4.90 Å². The van der Waals surface area contributed by atoms with Gasteiger partial charge in [0.05, 0.1) is 0 Å². The van der Waals surface area contributed by atoms with Gasteiger partial charge in [-0.1, -0.05) is 24.3 Å². The SMILES string of the molecule is CN1CCN(c2ccc(Cn3ccc4ccc(C=O)cc43)cc2)CC1. The fraction of sp³-hybridized carbons (Fsp3) is 0.286. The Balaban J connectivity index is 1.52. The number of aromatic nitrogens is 1. The van der Waals surface area contributed by atoms with Gasteiger partial charge in [0.1, 0.15) is 6.29 Å². The van der Waals surface area contributed by atoms with Gasteiger partial charge in [0, 0.05) is 55.7 Å². The van der Waals surface area contributed by atoms with Gasteiger partial charge in [-0.25, -0.2) is 0 Å². The molecule has 1 aliphatic heterocycles. The molecule has 0 atom stereocenters. The molecule has 25 heavy (non-hydrogen) atoms. The summed E-state index contributed by atoms with van der Waals surface area (Å²) in [7, 11) is 2.18. The van der Waals surface area contributed by atoms with Crippen molar-refractivity contribution in [2.45, 2.75) is 6.54 Å². The van der Waals surface area contributed by atoms with Crippen molar-refractivity contribution in [3.05, 3.63) is 65.9 Å². The summed E-state index contributed by atoms with van der Waals surface area (Å²) in [5.74, 6) is 0. The Morgan fingerprint density at radius 2 is 1.72 bits per heavy atom. The first-order valence-electron chi connectivity index (χ1n) is 8.79. The second-order valence-electron chi connectivity index (χ2n) is 6.84. The van der Waals surface area contributed by atoms with Crippen LogP contribution in [0.25, 0.3) is 10.9 Å². The van der Waals surface area contributed by atoms with Crippen molar-refractivity contribution in [1.82, 2.24) is 9.47 Å². The van der Waals surface area contributed by atoms with Crippen LogP contribution in [0.1, 0.15) is 15.9 Å². The first-order chi connectivity index (χ1) is 12.2. The number of nitrogens with zero attached hydrogens (tertiary/aromatic N) is 3. The summed E-state index contributed by atoms with van der Waals surface area (Å²) in [6.45, 7) is 5.24. The second kappa shape index (κ2) is 6.73. The molecule has 1 aromatic heterocycles. The van der Waals surface area contributed by atoms with Crippen LogP contribution in [-0.4, -0.2) is 49.0 Å². The van der Waals surface area contributed by atoms with Crippen LogP contribution in [0.5, 0.6) is 0 Å². The maximum Gasteiger partial charge on any atom is 0.150 e. The minimum absolute atomic E-state index is 0.720. The van der Waals surface area contributed by atoms with Gasteiger partial charge in [0.2, 0.25) is 0 Å². The average molecular weight is 333 g/mol. The van der Waals surface area contributed by atoms with E-state index in [-0.39, 0.29) is 0 Å². The second-order valence-corrected chi connectivity index (χ2v) is 6.84. The van der Waals surface area contributed by atoms with E-state index in [4.69, 9.17) is 0 Å². The van der Waals surface area contributed by atoms with Crippen LogP contribution in [-0.2, 0) is 6.54 Å². The molecular formula is C21H23N3O. The van der Waals surface area contributed by atoms with Crippen LogP contribution in [0.2, 0.25) is 0 Å². The van der Waals surface area contributed by atoms with Gasteiger partial charge in [-0.15, -0.1) is 0 Å². The molecule has 0 bridgehead atoms. The Morgan fingerprint density at radius 1 is 0.960 bits per heavy atom. The van der Waals surface area contributed by atoms with Crippen LogP contribution in [0, 0.1) is 0 Å². The molecule has 0 amide bonds. The highest BCUT2D eigenvalue weighted by molar-refractivity contribution is 5.87. The summed E-state index contributed by atoms with van der Waals surface area (Å²) in [4.78, 5) is 15.9. The summed E-state index contributed by atoms with van der Waals surface area (Å²) < 4.78 is 2.20. The van der Waals surface area contributed by atoms with Gasteiger partial charge >= 0.3 is 0 Å². The molecule has 1 saturated heterocycles. The van der Waals surface area contributed by atoms with Gasteiger partial charge in [-0.2, -0.15) is 0 Å². The Morgan fingerprint density at radius 3 is 2.44 bits per heavy atom. The number of hydrogen-bond donors (Lipinski definition) is 0. The first-order valence-corrected chi connectivity index (χ1v) is 8.79. The zero-order valence-corrected chi connectivity index (χ0v) is 14.6. The van der Waals surface area contributed by atoms with Gasteiger partial charge in [-0.05, 0) is 42.3 Å². The maximum atomic E-state index is 11.0. The zero-order valence-electron chi connectivity index (χ0n) is 14.6. The molecule has 128 valence electrons. The summed E-state index contributed by atoms with van der Waals surface area (Å²) in [5, 5.41) is 1.17. The smallest absolute Gasteiger partial charge is 0.150 e. The highest BCUT2D eigenvalue weighted by atomic mass is 16.1. The third-order valence-corrected chi connectivity index (χ3v) is 5.09. The Hall–Kier alpha value is -2.59. The number of carbonyl (C=O) groups is 1. The summed E-state index contributed by atoms with van der Waals surface area (Å²) >= 11 is 0. The first kappa shape index (κ1) is 15.9. The maximum absolute atomic E-state index is 11.0. The van der Waals surface area contributed by atoms with E-state index in [1.165, 1.54) is 16.6 Å².